The number of hydrogen-bond donors (Lipinski definition) is 1. The van der Waals surface area contributed by atoms with Gasteiger partial charge in [-0.1, -0.05) is 6.92 Å². The van der Waals surface area contributed by atoms with Crippen LogP contribution in [0.25, 0.3) is 11.5 Å². The Morgan fingerprint density at radius 2 is 2.00 bits per heavy atom. The number of aromatic nitrogens is 1. The van der Waals surface area contributed by atoms with Crippen LogP contribution in [0.5, 0.6) is 0 Å². The summed E-state index contributed by atoms with van der Waals surface area (Å²) in [5, 5.41) is 12.3. The van der Waals surface area contributed by atoms with Gasteiger partial charge in [-0.25, -0.2) is 8.42 Å². The summed E-state index contributed by atoms with van der Waals surface area (Å²) in [4.78, 5) is 4.46. The summed E-state index contributed by atoms with van der Waals surface area (Å²) < 4.78 is 37.9. The van der Waals surface area contributed by atoms with Crippen molar-refractivity contribution in [1.82, 2.24) is 9.29 Å². The summed E-state index contributed by atoms with van der Waals surface area (Å²) in [5.41, 5.74) is 0.772. The van der Waals surface area contributed by atoms with E-state index >= 15 is 0 Å². The van der Waals surface area contributed by atoms with Crippen LogP contribution in [0.4, 0.5) is 5.88 Å². The largest absolute Gasteiger partial charge is 0.419 e. The van der Waals surface area contributed by atoms with Gasteiger partial charge in [0.25, 0.3) is 0 Å². The fraction of sp³-hybridized carbons (Fsp3) is 0.500. The van der Waals surface area contributed by atoms with Gasteiger partial charge in [-0.2, -0.15) is 14.6 Å². The predicted molar refractivity (Wildman–Crippen MR) is 109 cm³/mol. The SMILES string of the molecule is COCCCNc1oc(-c2ccc(S(=O)(=O)N3CCC(C)CC3)cc2)nc1C#N. The highest BCUT2D eigenvalue weighted by molar-refractivity contribution is 7.89. The van der Waals surface area contributed by atoms with Gasteiger partial charge in [0.2, 0.25) is 27.5 Å². The molecule has 2 aromatic rings. The third kappa shape index (κ3) is 4.96. The third-order valence-corrected chi connectivity index (χ3v) is 6.94. The lowest BCUT2D eigenvalue weighted by Gasteiger charge is -2.29. The molecule has 1 aromatic carbocycles. The first kappa shape index (κ1) is 21.3. The molecule has 156 valence electrons. The highest BCUT2D eigenvalue weighted by atomic mass is 32.2. The van der Waals surface area contributed by atoms with Crippen LogP contribution in [0, 0.1) is 17.2 Å². The second-order valence-corrected chi connectivity index (χ2v) is 9.13. The number of sulfonamides is 1. The van der Waals surface area contributed by atoms with Crippen molar-refractivity contribution in [3.05, 3.63) is 30.0 Å². The first-order valence-corrected chi connectivity index (χ1v) is 11.1. The van der Waals surface area contributed by atoms with Crippen LogP contribution in [0.2, 0.25) is 0 Å². The maximum atomic E-state index is 12.8. The molecule has 1 N–H and O–H groups in total. The van der Waals surface area contributed by atoms with Crippen molar-refractivity contribution in [3.8, 4) is 17.5 Å². The fourth-order valence-corrected chi connectivity index (χ4v) is 4.67. The zero-order chi connectivity index (χ0) is 20.9. The molecule has 1 fully saturated rings. The highest BCUT2D eigenvalue weighted by Gasteiger charge is 2.28. The molecule has 0 unspecified atom stereocenters. The minimum atomic E-state index is -3.50. The number of nitrogens with one attached hydrogen (secondary N) is 1. The van der Waals surface area contributed by atoms with E-state index in [2.05, 4.69) is 17.2 Å². The van der Waals surface area contributed by atoms with Crippen molar-refractivity contribution in [2.75, 3.05) is 38.7 Å². The monoisotopic (exact) mass is 418 g/mol. The van der Waals surface area contributed by atoms with Crippen molar-refractivity contribution in [2.24, 2.45) is 5.92 Å². The summed E-state index contributed by atoms with van der Waals surface area (Å²) in [6.45, 7) is 4.43. The zero-order valence-corrected chi connectivity index (χ0v) is 17.5. The smallest absolute Gasteiger partial charge is 0.243 e. The second kappa shape index (κ2) is 9.39. The maximum absolute atomic E-state index is 12.8. The van der Waals surface area contributed by atoms with E-state index in [-0.39, 0.29) is 16.5 Å². The summed E-state index contributed by atoms with van der Waals surface area (Å²) in [7, 11) is -1.88. The zero-order valence-electron chi connectivity index (χ0n) is 16.7. The van der Waals surface area contributed by atoms with E-state index in [4.69, 9.17) is 9.15 Å². The molecule has 0 amide bonds. The van der Waals surface area contributed by atoms with Crippen LogP contribution in [-0.2, 0) is 14.8 Å². The molecule has 0 atom stereocenters. The van der Waals surface area contributed by atoms with Gasteiger partial charge < -0.3 is 14.5 Å². The van der Waals surface area contributed by atoms with Gasteiger partial charge in [0, 0.05) is 38.9 Å². The van der Waals surface area contributed by atoms with E-state index in [0.717, 1.165) is 19.3 Å². The molecule has 1 aliphatic heterocycles. The highest BCUT2D eigenvalue weighted by Crippen LogP contribution is 2.28. The number of oxazole rings is 1. The van der Waals surface area contributed by atoms with Gasteiger partial charge in [0.05, 0.1) is 4.90 Å². The molecule has 0 radical (unpaired) electrons. The number of nitriles is 1. The summed E-state index contributed by atoms with van der Waals surface area (Å²) in [6.07, 6.45) is 2.52. The number of piperidine rings is 1. The van der Waals surface area contributed by atoms with E-state index in [9.17, 15) is 13.7 Å². The molecule has 1 aliphatic rings. The van der Waals surface area contributed by atoms with Gasteiger partial charge >= 0.3 is 0 Å². The van der Waals surface area contributed by atoms with E-state index in [1.807, 2.05) is 6.07 Å². The molecule has 1 saturated heterocycles. The molecule has 9 heteroatoms. The fourth-order valence-electron chi connectivity index (χ4n) is 3.20. The number of nitrogens with zero attached hydrogens (tertiary/aromatic N) is 3. The topological polar surface area (TPSA) is 108 Å². The van der Waals surface area contributed by atoms with Gasteiger partial charge in [-0.3, -0.25) is 0 Å². The van der Waals surface area contributed by atoms with Gasteiger partial charge in [0.15, 0.2) is 0 Å². The van der Waals surface area contributed by atoms with Crippen molar-refractivity contribution in [1.29, 1.82) is 5.26 Å². The normalized spacial score (nSPS) is 15.9. The molecular formula is C20H26N4O4S. The van der Waals surface area contributed by atoms with Crippen molar-refractivity contribution < 1.29 is 17.6 Å². The Morgan fingerprint density at radius 3 is 2.62 bits per heavy atom. The Hall–Kier alpha value is -2.41. The van der Waals surface area contributed by atoms with Crippen molar-refractivity contribution in [2.45, 2.75) is 31.1 Å². The lowest BCUT2D eigenvalue weighted by atomic mass is 10.0. The number of hydrogen-bond acceptors (Lipinski definition) is 7. The van der Waals surface area contributed by atoms with Gasteiger partial charge in [0.1, 0.15) is 6.07 Å². The Bertz CT molecular complexity index is 955. The molecule has 1 aromatic heterocycles. The minimum absolute atomic E-state index is 0.163. The number of rotatable bonds is 8. The van der Waals surface area contributed by atoms with Gasteiger partial charge in [-0.05, 0) is 49.4 Å². The van der Waals surface area contributed by atoms with E-state index in [1.165, 1.54) is 0 Å². The molecule has 2 heterocycles. The minimum Gasteiger partial charge on any atom is -0.419 e. The van der Waals surface area contributed by atoms with E-state index in [0.29, 0.717) is 43.6 Å². The number of anilines is 1. The van der Waals surface area contributed by atoms with Crippen LogP contribution >= 0.6 is 0 Å². The van der Waals surface area contributed by atoms with E-state index < -0.39 is 10.0 Å². The van der Waals surface area contributed by atoms with Crippen molar-refractivity contribution in [3.63, 3.8) is 0 Å². The van der Waals surface area contributed by atoms with Crippen LogP contribution in [0.1, 0.15) is 31.9 Å². The molecule has 3 rings (SSSR count). The summed E-state index contributed by atoms with van der Waals surface area (Å²) in [6, 6.07) is 8.44. The second-order valence-electron chi connectivity index (χ2n) is 7.19. The van der Waals surface area contributed by atoms with Crippen LogP contribution in [0.3, 0.4) is 0 Å². The summed E-state index contributed by atoms with van der Waals surface area (Å²) in [5.74, 6) is 1.13. The van der Waals surface area contributed by atoms with Crippen LogP contribution in [-0.4, -0.2) is 51.1 Å². The molecular weight excluding hydrogens is 392 g/mol. The third-order valence-electron chi connectivity index (χ3n) is 5.03. The predicted octanol–water partition coefficient (Wildman–Crippen LogP) is 3.08. The van der Waals surface area contributed by atoms with Crippen molar-refractivity contribution >= 4 is 15.9 Å². The van der Waals surface area contributed by atoms with E-state index in [1.54, 1.807) is 35.7 Å². The Kier molecular flexibility index (Phi) is 6.90. The standard InChI is InChI=1S/C20H26N4O4S/c1-15-8-11-24(12-9-15)29(25,26)17-6-4-16(5-7-17)19-23-18(14-21)20(28-19)22-10-3-13-27-2/h4-7,15,22H,3,8-13H2,1-2H3. The Labute approximate surface area is 171 Å². The Balaban J connectivity index is 1.74. The molecule has 0 spiro atoms. The van der Waals surface area contributed by atoms with Crippen LogP contribution < -0.4 is 5.32 Å². The lowest BCUT2D eigenvalue weighted by molar-refractivity contribution is 0.197. The Morgan fingerprint density at radius 1 is 1.31 bits per heavy atom. The first-order chi connectivity index (χ1) is 14.0. The lowest BCUT2D eigenvalue weighted by Crippen LogP contribution is -2.37. The summed E-state index contributed by atoms with van der Waals surface area (Å²) >= 11 is 0. The number of methoxy groups -OCH3 is 1. The average Bonchev–Trinajstić information content (AvgIpc) is 3.15. The molecule has 0 bridgehead atoms. The van der Waals surface area contributed by atoms with Gasteiger partial charge in [-0.15, -0.1) is 0 Å². The van der Waals surface area contributed by atoms with Crippen LogP contribution in [0.15, 0.2) is 33.6 Å². The molecule has 0 aliphatic carbocycles. The molecule has 0 saturated carbocycles. The molecule has 29 heavy (non-hydrogen) atoms. The average molecular weight is 419 g/mol. The molecule has 8 nitrogen and oxygen atoms in total. The number of benzene rings is 1. The number of ether oxygens (including phenoxy) is 1. The maximum Gasteiger partial charge on any atom is 0.243 e. The quantitative estimate of drug-likeness (QED) is 0.656. The first-order valence-electron chi connectivity index (χ1n) is 9.70.